The molecule has 0 unspecified atom stereocenters. The normalized spacial score (nSPS) is 20.8. The van der Waals surface area contributed by atoms with E-state index < -0.39 is 0 Å². The molecule has 2 aliphatic carbocycles. The summed E-state index contributed by atoms with van der Waals surface area (Å²) in [5, 5.41) is 0.856. The fourth-order valence-corrected chi connectivity index (χ4v) is 3.25. The van der Waals surface area contributed by atoms with Crippen LogP contribution in [0.25, 0.3) is 0 Å². The minimum atomic E-state index is 0.856. The van der Waals surface area contributed by atoms with Crippen molar-refractivity contribution in [2.24, 2.45) is 11.3 Å². The van der Waals surface area contributed by atoms with Gasteiger partial charge in [0.2, 0.25) is 0 Å². The molecule has 0 atom stereocenters. The molecule has 0 aromatic heterocycles. The lowest BCUT2D eigenvalue weighted by atomic mass is 9.49. The van der Waals surface area contributed by atoms with Crippen LogP contribution in [0.5, 0.6) is 0 Å². The van der Waals surface area contributed by atoms with E-state index in [9.17, 15) is 0 Å². The van der Waals surface area contributed by atoms with Crippen LogP contribution < -0.4 is 0 Å². The molecular formula is C28H45Cl. The molecule has 1 aromatic rings. The molecule has 164 valence electrons. The Kier molecular flexibility index (Phi) is 17.8. The minimum Gasteiger partial charge on any atom is -0.129 e. The molecule has 0 radical (unpaired) electrons. The van der Waals surface area contributed by atoms with E-state index in [0.717, 1.165) is 21.9 Å². The molecule has 0 bridgehead atoms. The number of aryl methyl sites for hydroxylation is 2. The summed E-state index contributed by atoms with van der Waals surface area (Å²) in [6.45, 7) is 22.0. The fourth-order valence-electron chi connectivity index (χ4n) is 3.01. The average molecular weight is 417 g/mol. The van der Waals surface area contributed by atoms with Crippen molar-refractivity contribution in [2.45, 2.75) is 88.0 Å². The summed E-state index contributed by atoms with van der Waals surface area (Å²) in [6, 6.07) is 6.05. The Morgan fingerprint density at radius 2 is 1.66 bits per heavy atom. The first-order valence-corrected chi connectivity index (χ1v) is 11.6. The SMILES string of the molecule is C=C=C/C=C/C(C)=C/C.CC.CC.CC12CCC1CC2.Cc1ccc(C)c(Cl)c1. The predicted octanol–water partition coefficient (Wildman–Crippen LogP) is 10.1. The van der Waals surface area contributed by atoms with Crippen molar-refractivity contribution < 1.29 is 0 Å². The highest BCUT2D eigenvalue weighted by Gasteiger charge is 2.49. The van der Waals surface area contributed by atoms with E-state index in [4.69, 9.17) is 11.6 Å². The fraction of sp³-hybridized carbons (Fsp3) is 0.536. The van der Waals surface area contributed by atoms with E-state index in [-0.39, 0.29) is 0 Å². The zero-order chi connectivity index (χ0) is 22.9. The zero-order valence-electron chi connectivity index (χ0n) is 20.5. The third-order valence-electron chi connectivity index (χ3n) is 5.47. The molecule has 0 aliphatic heterocycles. The van der Waals surface area contributed by atoms with Crippen LogP contribution in [0.3, 0.4) is 0 Å². The third kappa shape index (κ3) is 11.9. The molecule has 2 saturated carbocycles. The second-order valence-electron chi connectivity index (χ2n) is 7.44. The van der Waals surface area contributed by atoms with Crippen LogP contribution in [0, 0.1) is 25.2 Å². The van der Waals surface area contributed by atoms with Crippen molar-refractivity contribution in [3.63, 3.8) is 0 Å². The van der Waals surface area contributed by atoms with Gasteiger partial charge in [-0.15, -0.1) is 5.73 Å². The standard InChI is InChI=1S/C9H12.C8H9Cl.C7H12.2C2H6/c1-4-6-7-8-9(3)5-2;1-6-3-4-7(2)8(9)5-6;1-7-4-2-6(7)3-5-7;2*1-2/h5-8H,1H2,2-3H3;3-5H,1-2H3;6H,2-5H2,1H3;2*1-2H3/b8-7+,9-5+;;;;. The Morgan fingerprint density at radius 3 is 1.93 bits per heavy atom. The molecule has 1 aromatic carbocycles. The summed E-state index contributed by atoms with van der Waals surface area (Å²) >= 11 is 5.81. The van der Waals surface area contributed by atoms with E-state index in [1.807, 2.05) is 85.8 Å². The number of hydrogen-bond donors (Lipinski definition) is 0. The van der Waals surface area contributed by atoms with Gasteiger partial charge in [0.05, 0.1) is 0 Å². The van der Waals surface area contributed by atoms with Gasteiger partial charge in [0.25, 0.3) is 0 Å². The molecule has 0 spiro atoms. The Morgan fingerprint density at radius 1 is 1.14 bits per heavy atom. The molecule has 0 N–H and O–H groups in total. The molecular weight excluding hydrogens is 372 g/mol. The Labute approximate surface area is 187 Å². The van der Waals surface area contributed by atoms with Crippen molar-refractivity contribution in [1.82, 2.24) is 0 Å². The van der Waals surface area contributed by atoms with Gasteiger partial charge in [0.1, 0.15) is 0 Å². The summed E-state index contributed by atoms with van der Waals surface area (Å²) in [5.41, 5.74) is 7.13. The number of hydrogen-bond acceptors (Lipinski definition) is 0. The minimum absolute atomic E-state index is 0.856. The highest BCUT2D eigenvalue weighted by Crippen LogP contribution is 2.60. The van der Waals surface area contributed by atoms with Gasteiger partial charge in [-0.3, -0.25) is 0 Å². The molecule has 29 heavy (non-hydrogen) atoms. The summed E-state index contributed by atoms with van der Waals surface area (Å²) in [6.07, 6.45) is 13.9. The molecule has 3 rings (SSSR count). The topological polar surface area (TPSA) is 0 Å². The van der Waals surface area contributed by atoms with Crippen LogP contribution in [-0.2, 0) is 0 Å². The Bertz CT molecular complexity index is 649. The van der Waals surface area contributed by atoms with Gasteiger partial charge in [0.15, 0.2) is 0 Å². The highest BCUT2D eigenvalue weighted by molar-refractivity contribution is 6.31. The van der Waals surface area contributed by atoms with Crippen LogP contribution in [-0.4, -0.2) is 0 Å². The summed E-state index contributed by atoms with van der Waals surface area (Å²) in [4.78, 5) is 0. The highest BCUT2D eigenvalue weighted by atomic mass is 35.5. The lowest BCUT2D eigenvalue weighted by Gasteiger charge is -2.56. The number of halogens is 1. The van der Waals surface area contributed by atoms with Crippen LogP contribution in [0.2, 0.25) is 5.02 Å². The number of allylic oxidation sites excluding steroid dienone is 5. The van der Waals surface area contributed by atoms with Crippen LogP contribution in [0.15, 0.2) is 60.4 Å². The van der Waals surface area contributed by atoms with E-state index in [1.54, 1.807) is 6.08 Å². The van der Waals surface area contributed by atoms with Crippen LogP contribution >= 0.6 is 11.6 Å². The maximum Gasteiger partial charge on any atom is 0.0437 e. The lowest BCUT2D eigenvalue weighted by molar-refractivity contribution is -0.0561. The van der Waals surface area contributed by atoms with Gasteiger partial charge in [-0.05, 0) is 88.0 Å². The van der Waals surface area contributed by atoms with E-state index >= 15 is 0 Å². The molecule has 2 fully saturated rings. The Balaban J connectivity index is 0. The van der Waals surface area contributed by atoms with Crippen molar-refractivity contribution in [1.29, 1.82) is 0 Å². The van der Waals surface area contributed by atoms with Gasteiger partial charge in [0, 0.05) is 5.02 Å². The smallest absolute Gasteiger partial charge is 0.0437 e. The van der Waals surface area contributed by atoms with Gasteiger partial charge in [-0.2, -0.15) is 0 Å². The monoisotopic (exact) mass is 416 g/mol. The molecule has 2 aliphatic rings. The van der Waals surface area contributed by atoms with Crippen molar-refractivity contribution >= 4 is 11.6 Å². The van der Waals surface area contributed by atoms with Crippen molar-refractivity contribution in [2.75, 3.05) is 0 Å². The maximum atomic E-state index is 5.81. The van der Waals surface area contributed by atoms with Crippen molar-refractivity contribution in [3.05, 3.63) is 76.5 Å². The van der Waals surface area contributed by atoms with Gasteiger partial charge in [-0.25, -0.2) is 0 Å². The predicted molar refractivity (Wildman–Crippen MR) is 136 cm³/mol. The molecule has 0 nitrogen and oxygen atoms in total. The van der Waals surface area contributed by atoms with E-state index in [1.165, 1.54) is 36.8 Å². The molecule has 0 heterocycles. The number of benzene rings is 1. The number of fused-ring (bicyclic) bond motifs is 1. The second kappa shape index (κ2) is 17.4. The Hall–Kier alpha value is -1.49. The first kappa shape index (κ1) is 29.7. The average Bonchev–Trinajstić information content (AvgIpc) is 2.74. The quantitative estimate of drug-likeness (QED) is 0.332. The van der Waals surface area contributed by atoms with Crippen LogP contribution in [0.4, 0.5) is 0 Å². The van der Waals surface area contributed by atoms with Gasteiger partial charge < -0.3 is 0 Å². The van der Waals surface area contributed by atoms with Gasteiger partial charge in [-0.1, -0.05) is 88.7 Å². The van der Waals surface area contributed by atoms with Crippen molar-refractivity contribution in [3.8, 4) is 0 Å². The molecule has 1 heteroatoms. The lowest BCUT2D eigenvalue weighted by Crippen LogP contribution is -2.45. The van der Waals surface area contributed by atoms with Crippen LogP contribution in [0.1, 0.15) is 85.3 Å². The first-order valence-electron chi connectivity index (χ1n) is 11.2. The zero-order valence-corrected chi connectivity index (χ0v) is 21.3. The summed E-state index contributed by atoms with van der Waals surface area (Å²) in [7, 11) is 0. The molecule has 0 saturated heterocycles. The summed E-state index contributed by atoms with van der Waals surface area (Å²) in [5.74, 6) is 1.16. The van der Waals surface area contributed by atoms with E-state index in [2.05, 4.69) is 25.3 Å². The van der Waals surface area contributed by atoms with E-state index in [0.29, 0.717) is 0 Å². The largest absolute Gasteiger partial charge is 0.129 e. The van der Waals surface area contributed by atoms with Gasteiger partial charge >= 0.3 is 0 Å². The first-order chi connectivity index (χ1) is 13.8. The summed E-state index contributed by atoms with van der Waals surface area (Å²) < 4.78 is 0. The molecule has 0 amide bonds. The second-order valence-corrected chi connectivity index (χ2v) is 7.85. The maximum absolute atomic E-state index is 5.81. The number of rotatable bonds is 2. The third-order valence-corrected chi connectivity index (χ3v) is 5.88.